The molecule has 1 unspecified atom stereocenters. The van der Waals surface area contributed by atoms with Gasteiger partial charge in [-0.05, 0) is 29.5 Å². The quantitative estimate of drug-likeness (QED) is 0.860. The molecule has 1 atom stereocenters. The molecule has 0 spiro atoms. The van der Waals surface area contributed by atoms with Gasteiger partial charge in [0.1, 0.15) is 12.4 Å². The Bertz CT molecular complexity index is 693. The maximum absolute atomic E-state index is 12.8. The minimum absolute atomic E-state index is 0.0382. The maximum Gasteiger partial charge on any atom is 0.229 e. The topological polar surface area (TPSA) is 32.8 Å². The van der Waals surface area contributed by atoms with E-state index in [1.54, 1.807) is 11.3 Å². The van der Waals surface area contributed by atoms with Crippen LogP contribution in [0.15, 0.2) is 41.8 Å². The second-order valence-corrected chi connectivity index (χ2v) is 7.53. The van der Waals surface area contributed by atoms with Crippen molar-refractivity contribution in [3.05, 3.63) is 52.2 Å². The van der Waals surface area contributed by atoms with Gasteiger partial charge in [0, 0.05) is 37.6 Å². The fourth-order valence-corrected chi connectivity index (χ4v) is 4.24. The molecule has 24 heavy (non-hydrogen) atoms. The smallest absolute Gasteiger partial charge is 0.229 e. The SMILES string of the molecule is O=C(C1COc2ccccc2C1)N1CCN(Cc2cccs2)CC1. The first-order chi connectivity index (χ1) is 11.8. The van der Waals surface area contributed by atoms with Crippen molar-refractivity contribution in [2.45, 2.75) is 13.0 Å². The summed E-state index contributed by atoms with van der Waals surface area (Å²) in [4.78, 5) is 18.7. The highest BCUT2D eigenvalue weighted by Gasteiger charge is 2.31. The molecular formula is C19H22N2O2S. The van der Waals surface area contributed by atoms with Crippen LogP contribution in [0.3, 0.4) is 0 Å². The summed E-state index contributed by atoms with van der Waals surface area (Å²) in [6, 6.07) is 12.3. The number of nitrogens with zero attached hydrogens (tertiary/aromatic N) is 2. The van der Waals surface area contributed by atoms with E-state index in [-0.39, 0.29) is 11.8 Å². The van der Waals surface area contributed by atoms with Gasteiger partial charge < -0.3 is 9.64 Å². The number of carbonyl (C=O) groups excluding carboxylic acids is 1. The highest BCUT2D eigenvalue weighted by atomic mass is 32.1. The average molecular weight is 342 g/mol. The summed E-state index contributed by atoms with van der Waals surface area (Å²) >= 11 is 1.80. The number of piperazine rings is 1. The Labute approximate surface area is 146 Å². The zero-order valence-electron chi connectivity index (χ0n) is 13.7. The van der Waals surface area contributed by atoms with Crippen molar-refractivity contribution in [1.29, 1.82) is 0 Å². The molecule has 4 rings (SSSR count). The Balaban J connectivity index is 1.32. The third kappa shape index (κ3) is 3.32. The minimum atomic E-state index is -0.0382. The highest BCUT2D eigenvalue weighted by molar-refractivity contribution is 7.09. The Hall–Kier alpha value is -1.85. The molecule has 4 nitrogen and oxygen atoms in total. The van der Waals surface area contributed by atoms with Crippen LogP contribution in [0.4, 0.5) is 0 Å². The van der Waals surface area contributed by atoms with Crippen LogP contribution in [0, 0.1) is 5.92 Å². The van der Waals surface area contributed by atoms with Crippen LogP contribution in [-0.2, 0) is 17.8 Å². The lowest BCUT2D eigenvalue weighted by molar-refractivity contribution is -0.138. The third-order valence-electron chi connectivity index (χ3n) is 4.87. The molecule has 0 radical (unpaired) electrons. The number of para-hydroxylation sites is 1. The van der Waals surface area contributed by atoms with E-state index < -0.39 is 0 Å². The van der Waals surface area contributed by atoms with Crippen LogP contribution in [0.25, 0.3) is 0 Å². The lowest BCUT2D eigenvalue weighted by Crippen LogP contribution is -2.51. The van der Waals surface area contributed by atoms with Gasteiger partial charge in [0.25, 0.3) is 0 Å². The molecule has 1 aromatic heterocycles. The van der Waals surface area contributed by atoms with E-state index in [9.17, 15) is 4.79 Å². The summed E-state index contributed by atoms with van der Waals surface area (Å²) in [7, 11) is 0. The molecule has 3 heterocycles. The normalized spacial score (nSPS) is 21.2. The van der Waals surface area contributed by atoms with E-state index in [1.807, 2.05) is 23.1 Å². The number of carbonyl (C=O) groups is 1. The summed E-state index contributed by atoms with van der Waals surface area (Å²) in [5.41, 5.74) is 1.15. The van der Waals surface area contributed by atoms with Crippen LogP contribution in [-0.4, -0.2) is 48.5 Å². The Morgan fingerprint density at radius 2 is 1.96 bits per heavy atom. The average Bonchev–Trinajstić information content (AvgIpc) is 3.14. The molecule has 0 aliphatic carbocycles. The standard InChI is InChI=1S/C19H22N2O2S/c22-19(16-12-15-4-1-2-6-18(15)23-14-16)21-9-7-20(8-10-21)13-17-5-3-11-24-17/h1-6,11,16H,7-10,12-14H2. The number of thiophene rings is 1. The van der Waals surface area contributed by atoms with Gasteiger partial charge >= 0.3 is 0 Å². The molecule has 0 bridgehead atoms. The molecule has 2 aliphatic rings. The number of rotatable bonds is 3. The first-order valence-electron chi connectivity index (χ1n) is 8.54. The lowest BCUT2D eigenvalue weighted by Gasteiger charge is -2.37. The summed E-state index contributed by atoms with van der Waals surface area (Å²) in [5.74, 6) is 1.14. The molecule has 5 heteroatoms. The van der Waals surface area contributed by atoms with E-state index in [4.69, 9.17) is 4.74 Å². The van der Waals surface area contributed by atoms with Gasteiger partial charge in [-0.25, -0.2) is 0 Å². The zero-order valence-corrected chi connectivity index (χ0v) is 14.5. The molecular weight excluding hydrogens is 320 g/mol. The van der Waals surface area contributed by atoms with Gasteiger partial charge in [0.2, 0.25) is 5.91 Å². The number of amides is 1. The van der Waals surface area contributed by atoms with E-state index in [1.165, 1.54) is 4.88 Å². The first-order valence-corrected chi connectivity index (χ1v) is 9.42. The largest absolute Gasteiger partial charge is 0.492 e. The van der Waals surface area contributed by atoms with Gasteiger partial charge in [-0.15, -0.1) is 11.3 Å². The van der Waals surface area contributed by atoms with Crippen molar-refractivity contribution < 1.29 is 9.53 Å². The molecule has 1 amide bonds. The first kappa shape index (κ1) is 15.7. The van der Waals surface area contributed by atoms with Crippen LogP contribution in [0.5, 0.6) is 5.75 Å². The van der Waals surface area contributed by atoms with Gasteiger partial charge in [-0.2, -0.15) is 0 Å². The molecule has 126 valence electrons. The van der Waals surface area contributed by atoms with Crippen LogP contribution in [0.2, 0.25) is 0 Å². The fraction of sp³-hybridized carbons (Fsp3) is 0.421. The predicted octanol–water partition coefficient (Wildman–Crippen LogP) is 2.64. The van der Waals surface area contributed by atoms with Crippen molar-refractivity contribution in [3.63, 3.8) is 0 Å². The zero-order chi connectivity index (χ0) is 16.4. The highest BCUT2D eigenvalue weighted by Crippen LogP contribution is 2.28. The second-order valence-electron chi connectivity index (χ2n) is 6.50. The van der Waals surface area contributed by atoms with Crippen LogP contribution < -0.4 is 4.74 Å². The van der Waals surface area contributed by atoms with Crippen molar-refractivity contribution >= 4 is 17.2 Å². The molecule has 1 fully saturated rings. The van der Waals surface area contributed by atoms with E-state index in [2.05, 4.69) is 28.5 Å². The van der Waals surface area contributed by atoms with Gasteiger partial charge in [-0.1, -0.05) is 24.3 Å². The Morgan fingerprint density at radius 1 is 1.12 bits per heavy atom. The lowest BCUT2D eigenvalue weighted by atomic mass is 9.95. The number of ether oxygens (including phenoxy) is 1. The number of hydrogen-bond acceptors (Lipinski definition) is 4. The summed E-state index contributed by atoms with van der Waals surface area (Å²) in [6.45, 7) is 5.05. The number of hydrogen-bond donors (Lipinski definition) is 0. The van der Waals surface area contributed by atoms with Crippen molar-refractivity contribution in [1.82, 2.24) is 9.80 Å². The maximum atomic E-state index is 12.8. The van der Waals surface area contributed by atoms with Crippen LogP contribution >= 0.6 is 11.3 Å². The van der Waals surface area contributed by atoms with Gasteiger partial charge in [-0.3, -0.25) is 9.69 Å². The second kappa shape index (κ2) is 6.95. The fourth-order valence-electron chi connectivity index (χ4n) is 3.49. The molecule has 1 saturated heterocycles. The predicted molar refractivity (Wildman–Crippen MR) is 95.3 cm³/mol. The third-order valence-corrected chi connectivity index (χ3v) is 5.73. The molecule has 2 aliphatic heterocycles. The summed E-state index contributed by atoms with van der Waals surface area (Å²) in [6.07, 6.45) is 0.796. The van der Waals surface area contributed by atoms with Crippen molar-refractivity contribution in [2.75, 3.05) is 32.8 Å². The monoisotopic (exact) mass is 342 g/mol. The van der Waals surface area contributed by atoms with Crippen molar-refractivity contribution in [3.8, 4) is 5.75 Å². The van der Waals surface area contributed by atoms with E-state index in [0.29, 0.717) is 6.61 Å². The van der Waals surface area contributed by atoms with Crippen LogP contribution in [0.1, 0.15) is 10.4 Å². The van der Waals surface area contributed by atoms with Gasteiger partial charge in [0.05, 0.1) is 5.92 Å². The summed E-state index contributed by atoms with van der Waals surface area (Å²) in [5, 5.41) is 2.12. The molecule has 2 aromatic rings. The van der Waals surface area contributed by atoms with E-state index in [0.717, 1.165) is 50.5 Å². The molecule has 0 N–H and O–H groups in total. The molecule has 1 aromatic carbocycles. The number of fused-ring (bicyclic) bond motifs is 1. The number of benzene rings is 1. The van der Waals surface area contributed by atoms with Crippen molar-refractivity contribution in [2.24, 2.45) is 5.92 Å². The Morgan fingerprint density at radius 3 is 2.75 bits per heavy atom. The minimum Gasteiger partial charge on any atom is -0.492 e. The van der Waals surface area contributed by atoms with Gasteiger partial charge in [0.15, 0.2) is 0 Å². The molecule has 0 saturated carbocycles. The van der Waals surface area contributed by atoms with E-state index >= 15 is 0 Å². The Kier molecular flexibility index (Phi) is 4.54. The summed E-state index contributed by atoms with van der Waals surface area (Å²) < 4.78 is 5.78.